The van der Waals surface area contributed by atoms with Crippen LogP contribution in [0.25, 0.3) is 6.08 Å². The molecule has 0 bridgehead atoms. The number of carbonyl (C=O) groups excluding carboxylic acids is 1. The minimum Gasteiger partial charge on any atom is -0.504 e. The van der Waals surface area contributed by atoms with Crippen molar-refractivity contribution < 1.29 is 74.4 Å². The predicted molar refractivity (Wildman–Crippen MR) is 143 cm³/mol. The van der Waals surface area contributed by atoms with Gasteiger partial charge in [0.15, 0.2) is 41.7 Å². The van der Waals surface area contributed by atoms with Gasteiger partial charge in [-0.1, -0.05) is 12.1 Å². The summed E-state index contributed by atoms with van der Waals surface area (Å²) in [4.78, 5) is 12.6. The van der Waals surface area contributed by atoms with Gasteiger partial charge in [-0.3, -0.25) is 0 Å². The monoisotopic (exact) mass is 610 g/mol. The second-order valence-corrected chi connectivity index (χ2v) is 10.1. The van der Waals surface area contributed by atoms with Crippen LogP contribution in [0.1, 0.15) is 11.1 Å². The van der Waals surface area contributed by atoms with Gasteiger partial charge in [-0.25, -0.2) is 4.79 Å². The molecule has 2 aromatic carbocycles. The van der Waals surface area contributed by atoms with E-state index in [2.05, 4.69) is 0 Å². The summed E-state index contributed by atoms with van der Waals surface area (Å²) < 4.78 is 27.9. The molecule has 2 saturated heterocycles. The van der Waals surface area contributed by atoms with Gasteiger partial charge >= 0.3 is 5.97 Å². The molecule has 0 aliphatic carbocycles. The molecule has 0 unspecified atom stereocenters. The van der Waals surface area contributed by atoms with Gasteiger partial charge in [-0.15, -0.1) is 0 Å². The Kier molecular flexibility index (Phi) is 10.4. The van der Waals surface area contributed by atoms with E-state index in [0.717, 1.165) is 6.08 Å². The zero-order valence-electron chi connectivity index (χ0n) is 22.7. The van der Waals surface area contributed by atoms with E-state index in [4.69, 9.17) is 23.7 Å². The standard InChI is InChI=1S/C28H34O15/c29-11-20-23(42-21(35)6-3-14-1-4-16(31)18(33)9-14)22(36)24(43-27-25(37)28(38,12-30)13-40-27)26(41-20)39-8-7-15-2-5-17(32)19(34)10-15/h1-6,9-10,20,22-27,29-34,36-38H,7-8,11-13H2/b6-3+/t20-,22+,23-,24-,25+,26-,27+,28-/m1/s1. The highest BCUT2D eigenvalue weighted by Gasteiger charge is 2.54. The van der Waals surface area contributed by atoms with E-state index in [9.17, 15) is 50.8 Å². The lowest BCUT2D eigenvalue weighted by Crippen LogP contribution is -2.62. The molecule has 236 valence electrons. The molecular weight excluding hydrogens is 576 g/mol. The molecule has 2 aromatic rings. The zero-order chi connectivity index (χ0) is 31.3. The normalized spacial score (nSPS) is 31.0. The number of hydrogen-bond donors (Lipinski definition) is 9. The number of ether oxygens (including phenoxy) is 5. The van der Waals surface area contributed by atoms with Crippen LogP contribution >= 0.6 is 0 Å². The lowest BCUT2D eigenvalue weighted by atomic mass is 9.97. The Hall–Kier alpha value is -3.51. The zero-order valence-corrected chi connectivity index (χ0v) is 22.7. The summed E-state index contributed by atoms with van der Waals surface area (Å²) in [6.07, 6.45) is -8.38. The highest BCUT2D eigenvalue weighted by molar-refractivity contribution is 5.87. The van der Waals surface area contributed by atoms with Crippen molar-refractivity contribution in [3.63, 3.8) is 0 Å². The molecule has 0 amide bonds. The van der Waals surface area contributed by atoms with E-state index in [0.29, 0.717) is 11.1 Å². The summed E-state index contributed by atoms with van der Waals surface area (Å²) in [7, 11) is 0. The number of phenolic OH excluding ortho intramolecular Hbond substituents is 4. The minimum absolute atomic E-state index is 0.0824. The topological polar surface area (TPSA) is 245 Å². The molecule has 4 rings (SSSR count). The number of aliphatic hydroxyl groups is 5. The van der Waals surface area contributed by atoms with Crippen LogP contribution in [0.15, 0.2) is 42.5 Å². The first-order chi connectivity index (χ1) is 20.4. The van der Waals surface area contributed by atoms with E-state index < -0.39 is 80.2 Å². The van der Waals surface area contributed by atoms with Crippen LogP contribution < -0.4 is 0 Å². The van der Waals surface area contributed by atoms with E-state index in [1.54, 1.807) is 6.07 Å². The molecular formula is C28H34O15. The third-order valence-electron chi connectivity index (χ3n) is 7.04. The first-order valence-electron chi connectivity index (χ1n) is 13.2. The van der Waals surface area contributed by atoms with E-state index in [1.807, 2.05) is 0 Å². The molecule has 0 saturated carbocycles. The molecule has 43 heavy (non-hydrogen) atoms. The van der Waals surface area contributed by atoms with Gasteiger partial charge in [0, 0.05) is 6.08 Å². The number of rotatable bonds is 11. The number of hydrogen-bond acceptors (Lipinski definition) is 15. The first-order valence-corrected chi connectivity index (χ1v) is 13.2. The summed E-state index contributed by atoms with van der Waals surface area (Å²) in [5.74, 6) is -2.39. The molecule has 2 aliphatic heterocycles. The SMILES string of the molecule is O=C(/C=C/c1ccc(O)c(O)c1)O[C@H]1[C@H](O)[C@@H](O[C@@H]2OC[C@](O)(CO)[C@H]2O)[C@H](OCCc2ccc(O)c(O)c2)O[C@@H]1CO. The Labute approximate surface area is 245 Å². The molecule has 15 heteroatoms. The maximum absolute atomic E-state index is 12.6. The van der Waals surface area contributed by atoms with Crippen LogP contribution in [-0.4, -0.2) is 127 Å². The van der Waals surface area contributed by atoms with Gasteiger partial charge < -0.3 is 69.6 Å². The average molecular weight is 611 g/mol. The molecule has 8 atom stereocenters. The van der Waals surface area contributed by atoms with Gasteiger partial charge in [-0.05, 0) is 47.9 Å². The number of phenols is 4. The van der Waals surface area contributed by atoms with Crippen LogP contribution in [-0.2, 0) is 34.9 Å². The second kappa shape index (κ2) is 13.9. The van der Waals surface area contributed by atoms with Crippen molar-refractivity contribution in [1.82, 2.24) is 0 Å². The Balaban J connectivity index is 1.49. The fraction of sp³-hybridized carbons (Fsp3) is 0.464. The van der Waals surface area contributed by atoms with Crippen molar-refractivity contribution in [3.05, 3.63) is 53.6 Å². The number of carbonyl (C=O) groups is 1. The molecule has 2 heterocycles. The summed E-state index contributed by atoms with van der Waals surface area (Å²) in [5.41, 5.74) is -1.13. The molecule has 15 nitrogen and oxygen atoms in total. The van der Waals surface area contributed by atoms with Gasteiger partial charge in [0.1, 0.15) is 30.0 Å². The van der Waals surface area contributed by atoms with Gasteiger partial charge in [0.05, 0.1) is 26.4 Å². The van der Waals surface area contributed by atoms with Crippen LogP contribution in [0.5, 0.6) is 23.0 Å². The van der Waals surface area contributed by atoms with Crippen LogP contribution in [0.2, 0.25) is 0 Å². The molecule has 9 N–H and O–H groups in total. The summed E-state index contributed by atoms with van der Waals surface area (Å²) in [6.45, 7) is -2.16. The second-order valence-electron chi connectivity index (χ2n) is 10.1. The maximum Gasteiger partial charge on any atom is 0.331 e. The first kappa shape index (κ1) is 32.4. The third-order valence-corrected chi connectivity index (χ3v) is 7.04. The Morgan fingerprint density at radius 3 is 2.28 bits per heavy atom. The average Bonchev–Trinajstić information content (AvgIpc) is 3.27. The minimum atomic E-state index is -2.05. The maximum atomic E-state index is 12.6. The van der Waals surface area contributed by atoms with Crippen molar-refractivity contribution in [2.75, 3.05) is 26.4 Å². The van der Waals surface area contributed by atoms with E-state index in [1.165, 1.54) is 36.4 Å². The van der Waals surface area contributed by atoms with E-state index >= 15 is 0 Å². The quantitative estimate of drug-likeness (QED) is 0.0806. The van der Waals surface area contributed by atoms with Gasteiger partial charge in [0.2, 0.25) is 0 Å². The largest absolute Gasteiger partial charge is 0.504 e. The molecule has 0 aromatic heterocycles. The molecule has 0 radical (unpaired) electrons. The highest BCUT2D eigenvalue weighted by atomic mass is 16.8. The van der Waals surface area contributed by atoms with Crippen molar-refractivity contribution in [3.8, 4) is 23.0 Å². The van der Waals surface area contributed by atoms with Crippen LogP contribution in [0, 0.1) is 0 Å². The molecule has 0 spiro atoms. The highest BCUT2D eigenvalue weighted by Crippen LogP contribution is 2.33. The lowest BCUT2D eigenvalue weighted by molar-refractivity contribution is -0.336. The predicted octanol–water partition coefficient (Wildman–Crippen LogP) is -1.40. The number of esters is 1. The van der Waals surface area contributed by atoms with Crippen molar-refractivity contribution in [1.29, 1.82) is 0 Å². The Bertz CT molecular complexity index is 1280. The summed E-state index contributed by atoms with van der Waals surface area (Å²) in [5, 5.41) is 89.8. The van der Waals surface area contributed by atoms with Gasteiger partial charge in [-0.2, -0.15) is 0 Å². The van der Waals surface area contributed by atoms with Crippen molar-refractivity contribution >= 4 is 12.0 Å². The van der Waals surface area contributed by atoms with Crippen LogP contribution in [0.4, 0.5) is 0 Å². The van der Waals surface area contributed by atoms with Crippen molar-refractivity contribution in [2.24, 2.45) is 0 Å². The van der Waals surface area contributed by atoms with Crippen LogP contribution in [0.3, 0.4) is 0 Å². The lowest BCUT2D eigenvalue weighted by Gasteiger charge is -2.43. The number of benzene rings is 2. The Morgan fingerprint density at radius 1 is 0.953 bits per heavy atom. The fourth-order valence-electron chi connectivity index (χ4n) is 4.53. The summed E-state index contributed by atoms with van der Waals surface area (Å²) >= 11 is 0. The van der Waals surface area contributed by atoms with E-state index in [-0.39, 0.29) is 30.3 Å². The number of aliphatic hydroxyl groups excluding tert-OH is 4. The summed E-state index contributed by atoms with van der Waals surface area (Å²) in [6, 6.07) is 7.98. The Morgan fingerprint density at radius 2 is 1.65 bits per heavy atom. The molecule has 2 aliphatic rings. The third kappa shape index (κ3) is 7.53. The fourth-order valence-corrected chi connectivity index (χ4v) is 4.53. The number of aromatic hydroxyl groups is 4. The van der Waals surface area contributed by atoms with Crippen molar-refractivity contribution in [2.45, 2.75) is 55.1 Å². The van der Waals surface area contributed by atoms with Gasteiger partial charge in [0.25, 0.3) is 0 Å². The smallest absolute Gasteiger partial charge is 0.331 e. The molecule has 2 fully saturated rings.